The summed E-state index contributed by atoms with van der Waals surface area (Å²) in [4.78, 5) is 11.6. The summed E-state index contributed by atoms with van der Waals surface area (Å²) in [6.07, 6.45) is 0.458. The SMILES string of the molecule is CCOc1cccc(CC(C(=O)O)c2ccc(C)cc2)c1. The van der Waals surface area contributed by atoms with E-state index in [9.17, 15) is 9.90 Å². The Labute approximate surface area is 125 Å². The highest BCUT2D eigenvalue weighted by Gasteiger charge is 2.20. The van der Waals surface area contributed by atoms with Gasteiger partial charge in [0.15, 0.2) is 0 Å². The lowest BCUT2D eigenvalue weighted by Crippen LogP contribution is -2.14. The summed E-state index contributed by atoms with van der Waals surface area (Å²) in [5.41, 5.74) is 2.92. The zero-order valence-corrected chi connectivity index (χ0v) is 12.4. The number of aliphatic carboxylic acids is 1. The van der Waals surface area contributed by atoms with Gasteiger partial charge in [-0.3, -0.25) is 4.79 Å². The van der Waals surface area contributed by atoms with Gasteiger partial charge < -0.3 is 9.84 Å². The van der Waals surface area contributed by atoms with Gasteiger partial charge in [0.05, 0.1) is 12.5 Å². The summed E-state index contributed by atoms with van der Waals surface area (Å²) in [7, 11) is 0. The average Bonchev–Trinajstić information content (AvgIpc) is 2.46. The van der Waals surface area contributed by atoms with Gasteiger partial charge in [-0.25, -0.2) is 0 Å². The maximum absolute atomic E-state index is 11.6. The van der Waals surface area contributed by atoms with Crippen LogP contribution in [0.1, 0.15) is 29.5 Å². The normalized spacial score (nSPS) is 11.9. The third-order valence-corrected chi connectivity index (χ3v) is 3.43. The van der Waals surface area contributed by atoms with Crippen LogP contribution < -0.4 is 4.74 Å². The lowest BCUT2D eigenvalue weighted by molar-refractivity contribution is -0.138. The third kappa shape index (κ3) is 4.09. The first kappa shape index (κ1) is 15.1. The van der Waals surface area contributed by atoms with E-state index in [2.05, 4.69) is 0 Å². The molecule has 0 spiro atoms. The van der Waals surface area contributed by atoms with Crippen molar-refractivity contribution < 1.29 is 14.6 Å². The van der Waals surface area contributed by atoms with E-state index in [0.29, 0.717) is 13.0 Å². The smallest absolute Gasteiger partial charge is 0.311 e. The third-order valence-electron chi connectivity index (χ3n) is 3.43. The fourth-order valence-corrected chi connectivity index (χ4v) is 2.31. The van der Waals surface area contributed by atoms with Crippen molar-refractivity contribution in [1.82, 2.24) is 0 Å². The molecule has 1 atom stereocenters. The van der Waals surface area contributed by atoms with Gasteiger partial charge in [-0.2, -0.15) is 0 Å². The van der Waals surface area contributed by atoms with Crippen molar-refractivity contribution in [3.05, 3.63) is 65.2 Å². The number of hydrogen-bond acceptors (Lipinski definition) is 2. The molecule has 0 aliphatic rings. The molecule has 0 amide bonds. The molecule has 1 N–H and O–H groups in total. The Morgan fingerprint density at radius 3 is 2.52 bits per heavy atom. The molecule has 2 aromatic rings. The van der Waals surface area contributed by atoms with Gasteiger partial charge in [0.1, 0.15) is 5.75 Å². The van der Waals surface area contributed by atoms with E-state index >= 15 is 0 Å². The predicted molar refractivity (Wildman–Crippen MR) is 82.9 cm³/mol. The van der Waals surface area contributed by atoms with Crippen molar-refractivity contribution in [2.45, 2.75) is 26.2 Å². The number of ether oxygens (including phenoxy) is 1. The molecule has 0 aliphatic heterocycles. The van der Waals surface area contributed by atoms with E-state index in [1.807, 2.05) is 62.4 Å². The Balaban J connectivity index is 2.22. The zero-order chi connectivity index (χ0) is 15.2. The van der Waals surface area contributed by atoms with Gasteiger partial charge in [0.25, 0.3) is 0 Å². The van der Waals surface area contributed by atoms with Gasteiger partial charge in [-0.15, -0.1) is 0 Å². The molecule has 0 fully saturated rings. The maximum Gasteiger partial charge on any atom is 0.311 e. The minimum atomic E-state index is -0.805. The van der Waals surface area contributed by atoms with E-state index in [0.717, 1.165) is 22.4 Å². The second kappa shape index (κ2) is 6.93. The Morgan fingerprint density at radius 2 is 1.90 bits per heavy atom. The monoisotopic (exact) mass is 284 g/mol. The number of hydrogen-bond donors (Lipinski definition) is 1. The second-order valence-corrected chi connectivity index (χ2v) is 5.09. The van der Waals surface area contributed by atoms with Crippen LogP contribution in [-0.2, 0) is 11.2 Å². The molecule has 110 valence electrons. The van der Waals surface area contributed by atoms with Crippen molar-refractivity contribution in [2.75, 3.05) is 6.61 Å². The van der Waals surface area contributed by atoms with Gasteiger partial charge in [-0.1, -0.05) is 42.0 Å². The van der Waals surface area contributed by atoms with Crippen molar-refractivity contribution in [3.8, 4) is 5.75 Å². The molecule has 2 rings (SSSR count). The highest BCUT2D eigenvalue weighted by molar-refractivity contribution is 5.76. The first-order valence-electron chi connectivity index (χ1n) is 7.11. The topological polar surface area (TPSA) is 46.5 Å². The van der Waals surface area contributed by atoms with E-state index in [1.54, 1.807) is 0 Å². The van der Waals surface area contributed by atoms with Crippen molar-refractivity contribution in [3.63, 3.8) is 0 Å². The van der Waals surface area contributed by atoms with Crippen LogP contribution in [0.15, 0.2) is 48.5 Å². The van der Waals surface area contributed by atoms with Gasteiger partial charge in [0, 0.05) is 0 Å². The van der Waals surface area contributed by atoms with Crippen LogP contribution >= 0.6 is 0 Å². The minimum absolute atomic E-state index is 0.458. The van der Waals surface area contributed by atoms with Gasteiger partial charge in [0.2, 0.25) is 0 Å². The van der Waals surface area contributed by atoms with Crippen LogP contribution in [0.5, 0.6) is 5.75 Å². The molecular formula is C18H20O3. The van der Waals surface area contributed by atoms with Crippen LogP contribution in [0.25, 0.3) is 0 Å². The second-order valence-electron chi connectivity index (χ2n) is 5.09. The van der Waals surface area contributed by atoms with Crippen LogP contribution in [0.4, 0.5) is 0 Å². The number of rotatable bonds is 6. The van der Waals surface area contributed by atoms with Crippen LogP contribution in [0.3, 0.4) is 0 Å². The lowest BCUT2D eigenvalue weighted by Gasteiger charge is -2.14. The minimum Gasteiger partial charge on any atom is -0.494 e. The summed E-state index contributed by atoms with van der Waals surface area (Å²) >= 11 is 0. The Hall–Kier alpha value is -2.29. The largest absolute Gasteiger partial charge is 0.494 e. The van der Waals surface area contributed by atoms with Crippen LogP contribution in [0.2, 0.25) is 0 Å². The van der Waals surface area contributed by atoms with E-state index in [-0.39, 0.29) is 0 Å². The number of carbonyl (C=O) groups is 1. The van der Waals surface area contributed by atoms with E-state index in [4.69, 9.17) is 4.74 Å². The predicted octanol–water partition coefficient (Wildman–Crippen LogP) is 3.80. The Kier molecular flexibility index (Phi) is 4.99. The summed E-state index contributed by atoms with van der Waals surface area (Å²) in [5.74, 6) is -0.564. The van der Waals surface area contributed by atoms with E-state index in [1.165, 1.54) is 0 Å². The molecule has 0 aromatic heterocycles. The molecule has 0 radical (unpaired) electrons. The highest BCUT2D eigenvalue weighted by atomic mass is 16.5. The number of carboxylic acid groups (broad SMARTS) is 1. The van der Waals surface area contributed by atoms with E-state index < -0.39 is 11.9 Å². The van der Waals surface area contributed by atoms with Gasteiger partial charge >= 0.3 is 5.97 Å². The van der Waals surface area contributed by atoms with Crippen molar-refractivity contribution >= 4 is 5.97 Å². The fraction of sp³-hybridized carbons (Fsp3) is 0.278. The Morgan fingerprint density at radius 1 is 1.19 bits per heavy atom. The van der Waals surface area contributed by atoms with Crippen molar-refractivity contribution in [1.29, 1.82) is 0 Å². The molecule has 2 aromatic carbocycles. The quantitative estimate of drug-likeness (QED) is 0.877. The maximum atomic E-state index is 11.6. The molecule has 0 aliphatic carbocycles. The molecule has 21 heavy (non-hydrogen) atoms. The first-order chi connectivity index (χ1) is 10.1. The number of benzene rings is 2. The van der Waals surface area contributed by atoms with Crippen molar-refractivity contribution in [2.24, 2.45) is 0 Å². The summed E-state index contributed by atoms with van der Waals surface area (Å²) in [6, 6.07) is 15.3. The molecular weight excluding hydrogens is 264 g/mol. The zero-order valence-electron chi connectivity index (χ0n) is 12.4. The van der Waals surface area contributed by atoms with Crippen LogP contribution in [0, 0.1) is 6.92 Å². The molecule has 1 unspecified atom stereocenters. The Bertz CT molecular complexity index is 602. The molecule has 0 saturated heterocycles. The molecule has 0 bridgehead atoms. The number of aryl methyl sites for hydroxylation is 1. The molecule has 0 heterocycles. The van der Waals surface area contributed by atoms with Gasteiger partial charge in [-0.05, 0) is 43.5 Å². The van der Waals surface area contributed by atoms with Crippen LogP contribution in [-0.4, -0.2) is 17.7 Å². The standard InChI is InChI=1S/C18H20O3/c1-3-21-16-6-4-5-14(11-16)12-17(18(19)20)15-9-7-13(2)8-10-15/h4-11,17H,3,12H2,1-2H3,(H,19,20). The highest BCUT2D eigenvalue weighted by Crippen LogP contribution is 2.24. The summed E-state index contributed by atoms with van der Waals surface area (Å²) in [6.45, 7) is 4.52. The molecule has 3 heteroatoms. The molecule has 0 saturated carbocycles. The molecule has 3 nitrogen and oxygen atoms in total. The average molecular weight is 284 g/mol. The number of carboxylic acids is 1. The lowest BCUT2D eigenvalue weighted by atomic mass is 9.91. The summed E-state index contributed by atoms with van der Waals surface area (Å²) in [5, 5.41) is 9.50. The fourth-order valence-electron chi connectivity index (χ4n) is 2.31. The first-order valence-corrected chi connectivity index (χ1v) is 7.11. The summed E-state index contributed by atoms with van der Waals surface area (Å²) < 4.78 is 5.46.